The quantitative estimate of drug-likeness (QED) is 0.735. The standard InChI is InChI=1S/C11H12N4O2S2/c1-7-4-8(11(12)18)2-3-10(7)19(16,17)15-9-5-13-14-6-9/h2-6,15H,1H3,(H2,12,18)(H,13,14). The van der Waals surface area contributed by atoms with Gasteiger partial charge < -0.3 is 5.73 Å². The number of nitrogens with one attached hydrogen (secondary N) is 2. The first-order valence-electron chi connectivity index (χ1n) is 5.32. The molecule has 1 aromatic heterocycles. The number of aromatic amines is 1. The molecule has 8 heteroatoms. The predicted octanol–water partition coefficient (Wildman–Crippen LogP) is 1.15. The Morgan fingerprint density at radius 2 is 2.21 bits per heavy atom. The van der Waals surface area contributed by atoms with Gasteiger partial charge in [0, 0.05) is 11.8 Å². The van der Waals surface area contributed by atoms with Gasteiger partial charge in [-0.25, -0.2) is 8.42 Å². The number of H-pyrrole nitrogens is 1. The molecule has 19 heavy (non-hydrogen) atoms. The number of aromatic nitrogens is 2. The minimum atomic E-state index is -3.65. The molecule has 0 fully saturated rings. The molecule has 0 spiro atoms. The number of sulfonamides is 1. The van der Waals surface area contributed by atoms with Crippen molar-refractivity contribution < 1.29 is 8.42 Å². The number of anilines is 1. The van der Waals surface area contributed by atoms with Gasteiger partial charge in [-0.15, -0.1) is 0 Å². The SMILES string of the molecule is Cc1cc(C(N)=S)ccc1S(=O)(=O)Nc1cn[nH]c1. The lowest BCUT2D eigenvalue weighted by Gasteiger charge is -2.10. The molecule has 0 aliphatic heterocycles. The van der Waals surface area contributed by atoms with Crippen LogP contribution < -0.4 is 10.5 Å². The van der Waals surface area contributed by atoms with Crippen LogP contribution in [-0.2, 0) is 10.0 Å². The molecule has 0 aliphatic carbocycles. The minimum Gasteiger partial charge on any atom is -0.389 e. The van der Waals surface area contributed by atoms with Crippen molar-refractivity contribution >= 4 is 32.9 Å². The molecule has 4 N–H and O–H groups in total. The van der Waals surface area contributed by atoms with E-state index in [1.165, 1.54) is 18.5 Å². The van der Waals surface area contributed by atoms with Crippen LogP contribution in [0.25, 0.3) is 0 Å². The summed E-state index contributed by atoms with van der Waals surface area (Å²) in [6.45, 7) is 1.69. The van der Waals surface area contributed by atoms with Gasteiger partial charge in [0.2, 0.25) is 0 Å². The van der Waals surface area contributed by atoms with Gasteiger partial charge in [-0.2, -0.15) is 5.10 Å². The zero-order chi connectivity index (χ0) is 14.0. The van der Waals surface area contributed by atoms with Crippen LogP contribution >= 0.6 is 12.2 Å². The zero-order valence-corrected chi connectivity index (χ0v) is 11.7. The average molecular weight is 296 g/mol. The Labute approximate surface area is 116 Å². The Morgan fingerprint density at radius 1 is 1.47 bits per heavy atom. The van der Waals surface area contributed by atoms with E-state index in [1.807, 2.05) is 0 Å². The summed E-state index contributed by atoms with van der Waals surface area (Å²) in [5.74, 6) is 0. The van der Waals surface area contributed by atoms with Gasteiger partial charge in [0.05, 0.1) is 16.8 Å². The monoisotopic (exact) mass is 296 g/mol. The van der Waals surface area contributed by atoms with Crippen LogP contribution in [0.2, 0.25) is 0 Å². The fraction of sp³-hybridized carbons (Fsp3) is 0.0909. The van der Waals surface area contributed by atoms with Crippen LogP contribution in [0, 0.1) is 6.92 Å². The van der Waals surface area contributed by atoms with Crippen molar-refractivity contribution in [2.24, 2.45) is 5.73 Å². The highest BCUT2D eigenvalue weighted by Crippen LogP contribution is 2.19. The van der Waals surface area contributed by atoms with Crippen molar-refractivity contribution in [3.05, 3.63) is 41.7 Å². The molecule has 1 heterocycles. The summed E-state index contributed by atoms with van der Waals surface area (Å²) in [7, 11) is -3.65. The fourth-order valence-corrected chi connectivity index (χ4v) is 3.01. The maximum atomic E-state index is 12.2. The number of nitrogens with two attached hydrogens (primary N) is 1. The van der Waals surface area contributed by atoms with E-state index in [1.54, 1.807) is 19.1 Å². The first-order chi connectivity index (χ1) is 8.90. The second-order valence-corrected chi connectivity index (χ2v) is 6.03. The van der Waals surface area contributed by atoms with E-state index >= 15 is 0 Å². The van der Waals surface area contributed by atoms with Crippen molar-refractivity contribution in [1.29, 1.82) is 0 Å². The summed E-state index contributed by atoms with van der Waals surface area (Å²) in [5, 5.41) is 6.21. The van der Waals surface area contributed by atoms with Gasteiger partial charge in [0.1, 0.15) is 4.99 Å². The van der Waals surface area contributed by atoms with E-state index in [9.17, 15) is 8.42 Å². The zero-order valence-electron chi connectivity index (χ0n) is 10.0. The Morgan fingerprint density at radius 3 is 2.74 bits per heavy atom. The third kappa shape index (κ3) is 2.91. The highest BCUT2D eigenvalue weighted by atomic mass is 32.2. The maximum Gasteiger partial charge on any atom is 0.262 e. The summed E-state index contributed by atoms with van der Waals surface area (Å²) in [4.78, 5) is 0.406. The lowest BCUT2D eigenvalue weighted by atomic mass is 10.1. The van der Waals surface area contributed by atoms with Crippen LogP contribution in [0.5, 0.6) is 0 Å². The van der Waals surface area contributed by atoms with Gasteiger partial charge in [0.15, 0.2) is 0 Å². The van der Waals surface area contributed by atoms with Crippen LogP contribution in [0.1, 0.15) is 11.1 Å². The van der Waals surface area contributed by atoms with Crippen molar-refractivity contribution in [2.75, 3.05) is 4.72 Å². The second kappa shape index (κ2) is 4.98. The molecule has 0 saturated carbocycles. The molecule has 0 atom stereocenters. The summed E-state index contributed by atoms with van der Waals surface area (Å²) in [6.07, 6.45) is 2.84. The Balaban J connectivity index is 2.38. The smallest absolute Gasteiger partial charge is 0.262 e. The summed E-state index contributed by atoms with van der Waals surface area (Å²) >= 11 is 4.85. The Bertz CT molecular complexity index is 708. The summed E-state index contributed by atoms with van der Waals surface area (Å²) < 4.78 is 26.8. The maximum absolute atomic E-state index is 12.2. The lowest BCUT2D eigenvalue weighted by Crippen LogP contribution is -2.15. The number of rotatable bonds is 4. The number of benzene rings is 1. The first kappa shape index (κ1) is 13.5. The van der Waals surface area contributed by atoms with E-state index < -0.39 is 10.0 Å². The summed E-state index contributed by atoms with van der Waals surface area (Å²) in [6, 6.07) is 4.71. The molecular formula is C11H12N4O2S2. The molecule has 0 amide bonds. The number of nitrogens with zero attached hydrogens (tertiary/aromatic N) is 1. The van der Waals surface area contributed by atoms with Gasteiger partial charge in [0.25, 0.3) is 10.0 Å². The number of thiocarbonyl (C=S) groups is 1. The van der Waals surface area contributed by atoms with Gasteiger partial charge in [-0.05, 0) is 24.6 Å². The molecule has 2 rings (SSSR count). The highest BCUT2D eigenvalue weighted by molar-refractivity contribution is 7.92. The van der Waals surface area contributed by atoms with Crippen molar-refractivity contribution in [3.8, 4) is 0 Å². The van der Waals surface area contributed by atoms with E-state index in [0.29, 0.717) is 16.8 Å². The van der Waals surface area contributed by atoms with Crippen molar-refractivity contribution in [3.63, 3.8) is 0 Å². The molecule has 0 radical (unpaired) electrons. The van der Waals surface area contributed by atoms with Crippen LogP contribution in [0.4, 0.5) is 5.69 Å². The van der Waals surface area contributed by atoms with Crippen LogP contribution in [0.3, 0.4) is 0 Å². The molecule has 0 aliphatic rings. The van der Waals surface area contributed by atoms with E-state index in [0.717, 1.165) is 0 Å². The molecular weight excluding hydrogens is 284 g/mol. The average Bonchev–Trinajstić information content (AvgIpc) is 2.80. The fourth-order valence-electron chi connectivity index (χ4n) is 1.62. The molecule has 1 aromatic carbocycles. The first-order valence-corrected chi connectivity index (χ1v) is 7.21. The number of hydrogen-bond donors (Lipinski definition) is 3. The molecule has 6 nitrogen and oxygen atoms in total. The van der Waals surface area contributed by atoms with Crippen molar-refractivity contribution in [2.45, 2.75) is 11.8 Å². The summed E-state index contributed by atoms with van der Waals surface area (Å²) in [5.41, 5.74) is 7.08. The highest BCUT2D eigenvalue weighted by Gasteiger charge is 2.17. The third-order valence-corrected chi connectivity index (χ3v) is 4.28. The number of aryl methyl sites for hydroxylation is 1. The second-order valence-electron chi connectivity index (χ2n) is 3.94. The van der Waals surface area contributed by atoms with Crippen LogP contribution in [0.15, 0.2) is 35.5 Å². The molecule has 2 aromatic rings. The van der Waals surface area contributed by atoms with E-state index in [4.69, 9.17) is 18.0 Å². The minimum absolute atomic E-state index is 0.175. The topological polar surface area (TPSA) is 101 Å². The molecule has 0 unspecified atom stereocenters. The number of hydrogen-bond acceptors (Lipinski definition) is 4. The van der Waals surface area contributed by atoms with Gasteiger partial charge >= 0.3 is 0 Å². The Kier molecular flexibility index (Phi) is 3.54. The van der Waals surface area contributed by atoms with Gasteiger partial charge in [-0.3, -0.25) is 9.82 Å². The lowest BCUT2D eigenvalue weighted by molar-refractivity contribution is 0.600. The third-order valence-electron chi connectivity index (χ3n) is 2.50. The molecule has 100 valence electrons. The normalized spacial score (nSPS) is 11.2. The molecule has 0 saturated heterocycles. The van der Waals surface area contributed by atoms with E-state index in [2.05, 4.69) is 14.9 Å². The Hall–Kier alpha value is -1.93. The van der Waals surface area contributed by atoms with Gasteiger partial charge in [-0.1, -0.05) is 18.3 Å². The largest absolute Gasteiger partial charge is 0.389 e. The van der Waals surface area contributed by atoms with E-state index in [-0.39, 0.29) is 9.88 Å². The molecule has 0 bridgehead atoms. The van der Waals surface area contributed by atoms with Crippen molar-refractivity contribution in [1.82, 2.24) is 10.2 Å². The van der Waals surface area contributed by atoms with Crippen LogP contribution in [-0.4, -0.2) is 23.6 Å². The predicted molar refractivity (Wildman–Crippen MR) is 76.5 cm³/mol.